The molecule has 0 bridgehead atoms. The SMILES string of the molecule is CC(NC1CCN(Cc2ccc(F)cc2)CC1)c1ccc2[nH]c(=O)oc2c1.O=C(O)C(F)(F)F. The van der Waals surface area contributed by atoms with E-state index in [1.165, 1.54) is 12.1 Å². The molecule has 2 heterocycles. The summed E-state index contributed by atoms with van der Waals surface area (Å²) in [4.78, 5) is 25.3. The van der Waals surface area contributed by atoms with Gasteiger partial charge in [0, 0.05) is 18.6 Å². The lowest BCUT2D eigenvalue weighted by atomic mass is 10.0. The molecule has 4 rings (SSSR count). The van der Waals surface area contributed by atoms with Crippen LogP contribution in [0, 0.1) is 5.82 Å². The number of H-pyrrole nitrogens is 1. The van der Waals surface area contributed by atoms with E-state index < -0.39 is 17.9 Å². The zero-order chi connectivity index (χ0) is 24.9. The molecule has 1 atom stereocenters. The van der Waals surface area contributed by atoms with E-state index in [4.69, 9.17) is 14.3 Å². The fraction of sp³-hybridized carbons (Fsp3) is 0.391. The van der Waals surface area contributed by atoms with E-state index >= 15 is 0 Å². The summed E-state index contributed by atoms with van der Waals surface area (Å²) in [5.74, 6) is -3.36. The first-order chi connectivity index (χ1) is 16.0. The number of carbonyl (C=O) groups is 1. The van der Waals surface area contributed by atoms with Gasteiger partial charge < -0.3 is 14.8 Å². The zero-order valence-electron chi connectivity index (χ0n) is 18.4. The van der Waals surface area contributed by atoms with Crippen LogP contribution in [0.4, 0.5) is 17.6 Å². The maximum atomic E-state index is 13.0. The molecule has 0 radical (unpaired) electrons. The maximum Gasteiger partial charge on any atom is 0.490 e. The highest BCUT2D eigenvalue weighted by Gasteiger charge is 2.38. The van der Waals surface area contributed by atoms with Gasteiger partial charge in [-0.3, -0.25) is 9.88 Å². The van der Waals surface area contributed by atoms with Gasteiger partial charge in [-0.2, -0.15) is 13.2 Å². The molecule has 34 heavy (non-hydrogen) atoms. The Kier molecular flexibility index (Phi) is 8.11. The van der Waals surface area contributed by atoms with Crippen LogP contribution in [0.1, 0.15) is 36.9 Å². The van der Waals surface area contributed by atoms with Crippen LogP contribution in [0.5, 0.6) is 0 Å². The molecular weight excluding hydrogens is 458 g/mol. The number of piperidine rings is 1. The van der Waals surface area contributed by atoms with Gasteiger partial charge in [0.05, 0.1) is 5.52 Å². The van der Waals surface area contributed by atoms with Crippen molar-refractivity contribution in [2.45, 2.75) is 44.6 Å². The number of oxazole rings is 1. The second kappa shape index (κ2) is 10.8. The number of nitrogens with zero attached hydrogens (tertiary/aromatic N) is 1. The number of aromatic nitrogens is 1. The summed E-state index contributed by atoms with van der Waals surface area (Å²) in [5, 5.41) is 10.8. The van der Waals surface area contributed by atoms with Gasteiger partial charge in [-0.15, -0.1) is 0 Å². The molecule has 3 N–H and O–H groups in total. The summed E-state index contributed by atoms with van der Waals surface area (Å²) in [6.07, 6.45) is -2.93. The van der Waals surface area contributed by atoms with Crippen LogP contribution in [-0.4, -0.2) is 46.3 Å². The lowest BCUT2D eigenvalue weighted by Gasteiger charge is -2.34. The van der Waals surface area contributed by atoms with Gasteiger partial charge in [0.25, 0.3) is 0 Å². The third-order valence-electron chi connectivity index (χ3n) is 5.58. The Morgan fingerprint density at radius 3 is 2.41 bits per heavy atom. The quantitative estimate of drug-likeness (QED) is 0.471. The predicted molar refractivity (Wildman–Crippen MR) is 117 cm³/mol. The lowest BCUT2D eigenvalue weighted by Crippen LogP contribution is -2.42. The summed E-state index contributed by atoms with van der Waals surface area (Å²) in [7, 11) is 0. The van der Waals surface area contributed by atoms with Crippen LogP contribution in [-0.2, 0) is 11.3 Å². The van der Waals surface area contributed by atoms with Crippen LogP contribution in [0.2, 0.25) is 0 Å². The van der Waals surface area contributed by atoms with Crippen molar-refractivity contribution < 1.29 is 31.9 Å². The molecule has 11 heteroatoms. The number of carboxylic acids is 1. The number of alkyl halides is 3. The average Bonchev–Trinajstić information content (AvgIpc) is 3.15. The van der Waals surface area contributed by atoms with Crippen molar-refractivity contribution in [3.63, 3.8) is 0 Å². The van der Waals surface area contributed by atoms with Crippen molar-refractivity contribution in [2.24, 2.45) is 0 Å². The molecular formula is C23H25F4N3O4. The molecule has 1 aliphatic heterocycles. The maximum absolute atomic E-state index is 13.0. The van der Waals surface area contributed by atoms with E-state index in [1.54, 1.807) is 0 Å². The van der Waals surface area contributed by atoms with Gasteiger partial charge in [0.2, 0.25) is 0 Å². The molecule has 3 aromatic rings. The van der Waals surface area contributed by atoms with E-state index in [0.717, 1.165) is 49.1 Å². The van der Waals surface area contributed by atoms with Gasteiger partial charge in [0.1, 0.15) is 5.82 Å². The van der Waals surface area contributed by atoms with E-state index in [-0.39, 0.29) is 11.9 Å². The molecule has 1 fully saturated rings. The Morgan fingerprint density at radius 2 is 1.82 bits per heavy atom. The van der Waals surface area contributed by atoms with Gasteiger partial charge in [-0.25, -0.2) is 14.0 Å². The van der Waals surface area contributed by atoms with Crippen LogP contribution in [0.25, 0.3) is 11.1 Å². The monoisotopic (exact) mass is 483 g/mol. The first-order valence-corrected chi connectivity index (χ1v) is 10.7. The number of fused-ring (bicyclic) bond motifs is 1. The predicted octanol–water partition coefficient (Wildman–Crippen LogP) is 4.21. The number of hydrogen-bond donors (Lipinski definition) is 3. The number of benzene rings is 2. The van der Waals surface area contributed by atoms with E-state index in [1.807, 2.05) is 30.3 Å². The molecule has 184 valence electrons. The first-order valence-electron chi connectivity index (χ1n) is 10.7. The number of carboxylic acid groups (broad SMARTS) is 1. The van der Waals surface area contributed by atoms with Crippen molar-refractivity contribution in [1.82, 2.24) is 15.2 Å². The highest BCUT2D eigenvalue weighted by Crippen LogP contribution is 2.21. The Bertz CT molecular complexity index is 1150. The summed E-state index contributed by atoms with van der Waals surface area (Å²) in [6.45, 7) is 5.05. The second-order valence-corrected chi connectivity index (χ2v) is 8.14. The molecule has 0 aliphatic carbocycles. The molecule has 1 unspecified atom stereocenters. The molecule has 0 amide bonds. The minimum absolute atomic E-state index is 0.184. The summed E-state index contributed by atoms with van der Waals surface area (Å²) >= 11 is 0. The second-order valence-electron chi connectivity index (χ2n) is 8.14. The number of aliphatic carboxylic acids is 1. The third-order valence-corrected chi connectivity index (χ3v) is 5.58. The van der Waals surface area contributed by atoms with Crippen molar-refractivity contribution in [2.75, 3.05) is 13.1 Å². The largest absolute Gasteiger partial charge is 0.490 e. The Balaban J connectivity index is 0.000000406. The highest BCUT2D eigenvalue weighted by molar-refractivity contribution is 5.73. The average molecular weight is 483 g/mol. The Labute approximate surface area is 192 Å². The van der Waals surface area contributed by atoms with Gasteiger partial charge >= 0.3 is 17.9 Å². The van der Waals surface area contributed by atoms with Crippen LogP contribution in [0.3, 0.4) is 0 Å². The van der Waals surface area contributed by atoms with Crippen LogP contribution >= 0.6 is 0 Å². The Hall–Kier alpha value is -3.18. The van der Waals surface area contributed by atoms with E-state index in [0.29, 0.717) is 11.6 Å². The normalized spacial score (nSPS) is 16.1. The molecule has 1 aromatic heterocycles. The van der Waals surface area contributed by atoms with Crippen LogP contribution < -0.4 is 11.1 Å². The number of nitrogens with one attached hydrogen (secondary N) is 2. The minimum atomic E-state index is -5.08. The number of rotatable bonds is 5. The number of halogens is 4. The first kappa shape index (κ1) is 25.4. The highest BCUT2D eigenvalue weighted by atomic mass is 19.4. The molecule has 0 saturated carbocycles. The summed E-state index contributed by atoms with van der Waals surface area (Å²) in [6, 6.07) is 13.2. The number of hydrogen-bond acceptors (Lipinski definition) is 5. The van der Waals surface area contributed by atoms with Gasteiger partial charge in [0.15, 0.2) is 5.58 Å². The fourth-order valence-electron chi connectivity index (χ4n) is 3.79. The summed E-state index contributed by atoms with van der Waals surface area (Å²) < 4.78 is 49.9. The topological polar surface area (TPSA) is 98.6 Å². The third kappa shape index (κ3) is 7.16. The minimum Gasteiger partial charge on any atom is -0.475 e. The van der Waals surface area contributed by atoms with Crippen molar-refractivity contribution in [1.29, 1.82) is 0 Å². The Morgan fingerprint density at radius 1 is 1.21 bits per heavy atom. The molecule has 7 nitrogen and oxygen atoms in total. The van der Waals surface area contributed by atoms with E-state index in [2.05, 4.69) is 22.1 Å². The van der Waals surface area contributed by atoms with Crippen molar-refractivity contribution >= 4 is 17.1 Å². The van der Waals surface area contributed by atoms with E-state index in [9.17, 15) is 22.4 Å². The number of likely N-dealkylation sites (tertiary alicyclic amines) is 1. The zero-order valence-corrected chi connectivity index (χ0v) is 18.4. The lowest BCUT2D eigenvalue weighted by molar-refractivity contribution is -0.192. The molecule has 2 aromatic carbocycles. The fourth-order valence-corrected chi connectivity index (χ4v) is 3.79. The molecule has 1 saturated heterocycles. The number of aromatic amines is 1. The van der Waals surface area contributed by atoms with Crippen molar-refractivity contribution in [3.8, 4) is 0 Å². The van der Waals surface area contributed by atoms with Gasteiger partial charge in [-0.05, 0) is 68.2 Å². The molecule has 1 aliphatic rings. The van der Waals surface area contributed by atoms with Crippen LogP contribution in [0.15, 0.2) is 51.7 Å². The molecule has 0 spiro atoms. The summed E-state index contributed by atoms with van der Waals surface area (Å²) in [5.41, 5.74) is 3.58. The van der Waals surface area contributed by atoms with Gasteiger partial charge in [-0.1, -0.05) is 18.2 Å². The smallest absolute Gasteiger partial charge is 0.475 e. The standard InChI is InChI=1S/C21H24FN3O2.C2HF3O2/c1-14(16-4-7-19-20(12-16)27-21(26)24-19)23-18-8-10-25(11-9-18)13-15-2-5-17(22)6-3-15;3-2(4,5)1(6)7/h2-7,12,14,18,23H,8-11,13H2,1H3,(H,24,26);(H,6,7). The van der Waals surface area contributed by atoms with Crippen molar-refractivity contribution in [3.05, 3.63) is 70.0 Å².